The zero-order chi connectivity index (χ0) is 31.5. The molecular weight excluding hydrogens is 638 g/mol. The molecule has 4 rings (SSSR count). The van der Waals surface area contributed by atoms with Gasteiger partial charge in [-0.2, -0.15) is 0 Å². The Morgan fingerprint density at radius 1 is 0.818 bits per heavy atom. The van der Waals surface area contributed by atoms with Crippen LogP contribution < -0.4 is 9.62 Å². The van der Waals surface area contributed by atoms with Crippen LogP contribution in [-0.4, -0.2) is 44.3 Å². The third-order valence-electron chi connectivity index (χ3n) is 7.30. The van der Waals surface area contributed by atoms with Gasteiger partial charge in [0.1, 0.15) is 12.6 Å². The predicted octanol–water partition coefficient (Wildman–Crippen LogP) is 6.51. The Bertz CT molecular complexity index is 1610. The zero-order valence-electron chi connectivity index (χ0n) is 25.0. The maximum absolute atomic E-state index is 14.4. The van der Waals surface area contributed by atoms with Crippen LogP contribution in [0.15, 0.2) is 119 Å². The largest absolute Gasteiger partial charge is 0.354 e. The Morgan fingerprint density at radius 2 is 1.43 bits per heavy atom. The maximum atomic E-state index is 14.4. The first-order chi connectivity index (χ1) is 21.2. The molecule has 0 aliphatic carbocycles. The van der Waals surface area contributed by atoms with Crippen molar-refractivity contribution in [1.82, 2.24) is 10.2 Å². The third-order valence-corrected chi connectivity index (χ3v) is 9.62. The van der Waals surface area contributed by atoms with E-state index in [9.17, 15) is 18.0 Å². The number of halogens is 1. The molecule has 44 heavy (non-hydrogen) atoms. The van der Waals surface area contributed by atoms with E-state index < -0.39 is 28.5 Å². The van der Waals surface area contributed by atoms with Gasteiger partial charge in [-0.1, -0.05) is 108 Å². The number of anilines is 1. The molecule has 230 valence electrons. The fourth-order valence-corrected chi connectivity index (χ4v) is 6.51. The van der Waals surface area contributed by atoms with E-state index in [1.165, 1.54) is 17.0 Å². The molecule has 0 heterocycles. The van der Waals surface area contributed by atoms with Gasteiger partial charge in [0.25, 0.3) is 10.0 Å². The van der Waals surface area contributed by atoms with Crippen LogP contribution in [0.1, 0.15) is 36.5 Å². The SMILES string of the molecule is CCCCNC(=O)[C@@H](Cc1ccccc1)N(Cc1ccc(Br)cc1)C(=O)CN(c1ccc(C)cc1)S(=O)(=O)c1ccccc1. The number of hydrogen-bond acceptors (Lipinski definition) is 4. The number of sulfonamides is 1. The molecule has 4 aromatic carbocycles. The average Bonchev–Trinajstić information content (AvgIpc) is 3.03. The fraction of sp³-hybridized carbons (Fsp3) is 0.257. The highest BCUT2D eigenvalue weighted by atomic mass is 79.9. The van der Waals surface area contributed by atoms with Crippen LogP contribution in [0.3, 0.4) is 0 Å². The van der Waals surface area contributed by atoms with Crippen molar-refractivity contribution >= 4 is 43.5 Å². The number of hydrogen-bond donors (Lipinski definition) is 1. The summed E-state index contributed by atoms with van der Waals surface area (Å²) in [5.74, 6) is -0.764. The summed E-state index contributed by atoms with van der Waals surface area (Å²) in [7, 11) is -4.12. The standard InChI is InChI=1S/C35H38BrN3O4S/c1-3-4-23-37-35(41)33(24-28-11-7-5-8-12-28)38(25-29-17-19-30(36)20-18-29)34(40)26-39(31-21-15-27(2)16-22-31)44(42,43)32-13-9-6-10-14-32/h5-22,33H,3-4,23-26H2,1-2H3,(H,37,41)/t33-/m1/s1. The van der Waals surface area contributed by atoms with Crippen LogP contribution in [0.2, 0.25) is 0 Å². The second-order valence-electron chi connectivity index (χ2n) is 10.7. The molecule has 0 saturated heterocycles. The Kier molecular flexibility index (Phi) is 11.7. The highest BCUT2D eigenvalue weighted by Crippen LogP contribution is 2.25. The first-order valence-electron chi connectivity index (χ1n) is 14.7. The lowest BCUT2D eigenvalue weighted by atomic mass is 10.0. The number of nitrogens with one attached hydrogen (secondary N) is 1. The van der Waals surface area contributed by atoms with Gasteiger partial charge in [0.05, 0.1) is 10.6 Å². The Morgan fingerprint density at radius 3 is 2.05 bits per heavy atom. The zero-order valence-corrected chi connectivity index (χ0v) is 27.4. The minimum atomic E-state index is -4.12. The van der Waals surface area contributed by atoms with Gasteiger partial charge in [0, 0.05) is 24.0 Å². The van der Waals surface area contributed by atoms with E-state index >= 15 is 0 Å². The van der Waals surface area contributed by atoms with Crippen LogP contribution >= 0.6 is 15.9 Å². The van der Waals surface area contributed by atoms with Crippen molar-refractivity contribution in [3.63, 3.8) is 0 Å². The maximum Gasteiger partial charge on any atom is 0.264 e. The first kappa shape index (κ1) is 33.0. The minimum absolute atomic E-state index is 0.0750. The summed E-state index contributed by atoms with van der Waals surface area (Å²) in [6, 6.07) is 31.3. The van der Waals surface area contributed by atoms with Crippen molar-refractivity contribution in [3.05, 3.63) is 130 Å². The normalized spacial score (nSPS) is 11.9. The van der Waals surface area contributed by atoms with Gasteiger partial charge in [-0.15, -0.1) is 0 Å². The van der Waals surface area contributed by atoms with Crippen LogP contribution in [-0.2, 0) is 32.6 Å². The van der Waals surface area contributed by atoms with Gasteiger partial charge in [-0.05, 0) is 60.9 Å². The Hall–Kier alpha value is -3.95. The Labute approximate surface area is 269 Å². The van der Waals surface area contributed by atoms with E-state index in [-0.39, 0.29) is 23.8 Å². The lowest BCUT2D eigenvalue weighted by Crippen LogP contribution is -2.53. The number of nitrogens with zero attached hydrogens (tertiary/aromatic N) is 2. The van der Waals surface area contributed by atoms with Crippen molar-refractivity contribution in [2.75, 3.05) is 17.4 Å². The van der Waals surface area contributed by atoms with E-state index in [0.717, 1.165) is 38.3 Å². The van der Waals surface area contributed by atoms with Crippen molar-refractivity contribution < 1.29 is 18.0 Å². The molecule has 0 aliphatic heterocycles. The number of unbranched alkanes of at least 4 members (excludes halogenated alkanes) is 1. The van der Waals surface area contributed by atoms with E-state index in [1.807, 2.05) is 80.6 Å². The number of rotatable bonds is 14. The van der Waals surface area contributed by atoms with Gasteiger partial charge in [-0.25, -0.2) is 8.42 Å². The molecule has 0 bridgehead atoms. The highest BCUT2D eigenvalue weighted by molar-refractivity contribution is 9.10. The molecule has 7 nitrogen and oxygen atoms in total. The van der Waals surface area contributed by atoms with Crippen molar-refractivity contribution in [2.45, 2.75) is 50.6 Å². The van der Waals surface area contributed by atoms with Crippen molar-refractivity contribution in [1.29, 1.82) is 0 Å². The van der Waals surface area contributed by atoms with Crippen LogP contribution in [0.25, 0.3) is 0 Å². The molecule has 4 aromatic rings. The summed E-state index contributed by atoms with van der Waals surface area (Å²) >= 11 is 3.46. The van der Waals surface area contributed by atoms with E-state index in [4.69, 9.17) is 0 Å². The first-order valence-corrected chi connectivity index (χ1v) is 16.9. The topological polar surface area (TPSA) is 86.8 Å². The molecule has 1 N–H and O–H groups in total. The molecule has 0 aromatic heterocycles. The summed E-state index contributed by atoms with van der Waals surface area (Å²) in [6.07, 6.45) is 1.99. The van der Waals surface area contributed by atoms with E-state index in [1.54, 1.807) is 30.3 Å². The summed E-state index contributed by atoms with van der Waals surface area (Å²) in [6.45, 7) is 4.08. The summed E-state index contributed by atoms with van der Waals surface area (Å²) < 4.78 is 30.0. The molecule has 0 radical (unpaired) electrons. The molecule has 0 aliphatic rings. The van der Waals surface area contributed by atoms with E-state index in [0.29, 0.717) is 12.2 Å². The molecule has 0 unspecified atom stereocenters. The monoisotopic (exact) mass is 675 g/mol. The quantitative estimate of drug-likeness (QED) is 0.154. The second-order valence-corrected chi connectivity index (χ2v) is 13.4. The predicted molar refractivity (Wildman–Crippen MR) is 179 cm³/mol. The third kappa shape index (κ3) is 8.80. The van der Waals surface area contributed by atoms with Crippen molar-refractivity contribution in [3.8, 4) is 0 Å². The van der Waals surface area contributed by atoms with E-state index in [2.05, 4.69) is 21.2 Å². The number of carbonyl (C=O) groups is 2. The molecule has 0 fully saturated rings. The average molecular weight is 677 g/mol. The number of amides is 2. The Balaban J connectivity index is 1.77. The molecule has 0 spiro atoms. The molecule has 2 amide bonds. The van der Waals surface area contributed by atoms with Gasteiger partial charge in [0.2, 0.25) is 11.8 Å². The van der Waals surface area contributed by atoms with Crippen LogP contribution in [0, 0.1) is 6.92 Å². The highest BCUT2D eigenvalue weighted by Gasteiger charge is 2.34. The summed E-state index contributed by atoms with van der Waals surface area (Å²) in [4.78, 5) is 29.8. The van der Waals surface area contributed by atoms with Gasteiger partial charge < -0.3 is 10.2 Å². The van der Waals surface area contributed by atoms with Gasteiger partial charge in [-0.3, -0.25) is 13.9 Å². The summed E-state index contributed by atoms with van der Waals surface area (Å²) in [5.41, 5.74) is 3.03. The number of benzene rings is 4. The molecule has 0 saturated carbocycles. The summed E-state index contributed by atoms with van der Waals surface area (Å²) in [5, 5.41) is 3.01. The van der Waals surface area contributed by atoms with Crippen LogP contribution in [0.4, 0.5) is 5.69 Å². The smallest absolute Gasteiger partial charge is 0.264 e. The molecule has 9 heteroatoms. The van der Waals surface area contributed by atoms with Crippen LogP contribution in [0.5, 0.6) is 0 Å². The van der Waals surface area contributed by atoms with Gasteiger partial charge >= 0.3 is 0 Å². The second kappa shape index (κ2) is 15.7. The minimum Gasteiger partial charge on any atom is -0.354 e. The number of carbonyl (C=O) groups excluding carboxylic acids is 2. The number of aryl methyl sites for hydroxylation is 1. The molecule has 1 atom stereocenters. The lowest BCUT2D eigenvalue weighted by Gasteiger charge is -2.34. The van der Waals surface area contributed by atoms with Gasteiger partial charge in [0.15, 0.2) is 0 Å². The fourth-order valence-electron chi connectivity index (χ4n) is 4.81. The lowest BCUT2D eigenvalue weighted by molar-refractivity contribution is -0.140. The molecular formula is C35H38BrN3O4S. The van der Waals surface area contributed by atoms with Crippen molar-refractivity contribution in [2.24, 2.45) is 0 Å².